The molecular formula is C15H22N2O2. The lowest BCUT2D eigenvalue weighted by atomic mass is 10.1. The molecule has 0 radical (unpaired) electrons. The largest absolute Gasteiger partial charge is 0.456 e. The average molecular weight is 262 g/mol. The lowest BCUT2D eigenvalue weighted by Crippen LogP contribution is -2.46. The third kappa shape index (κ3) is 4.33. The molecule has 1 saturated heterocycles. The Morgan fingerprint density at radius 3 is 2.42 bits per heavy atom. The molecule has 19 heavy (non-hydrogen) atoms. The first-order chi connectivity index (χ1) is 9.15. The summed E-state index contributed by atoms with van der Waals surface area (Å²) in [7, 11) is 2.14. The highest BCUT2D eigenvalue weighted by molar-refractivity contribution is 5.66. The van der Waals surface area contributed by atoms with Gasteiger partial charge in [0.25, 0.3) is 0 Å². The van der Waals surface area contributed by atoms with Crippen LogP contribution in [0.3, 0.4) is 0 Å². The number of esters is 1. The molecule has 0 saturated carbocycles. The van der Waals surface area contributed by atoms with Gasteiger partial charge in [0, 0.05) is 39.6 Å². The Bertz CT molecular complexity index is 400. The van der Waals surface area contributed by atoms with Gasteiger partial charge in [0.15, 0.2) is 0 Å². The van der Waals surface area contributed by atoms with Gasteiger partial charge < -0.3 is 9.64 Å². The van der Waals surface area contributed by atoms with Gasteiger partial charge >= 0.3 is 5.97 Å². The van der Waals surface area contributed by atoms with Crippen molar-refractivity contribution in [3.8, 4) is 0 Å². The van der Waals surface area contributed by atoms with Crippen molar-refractivity contribution >= 4 is 5.97 Å². The van der Waals surface area contributed by atoms with Crippen LogP contribution in [-0.4, -0.2) is 55.5 Å². The zero-order chi connectivity index (χ0) is 13.7. The van der Waals surface area contributed by atoms with E-state index in [0.717, 1.165) is 38.3 Å². The van der Waals surface area contributed by atoms with Crippen LogP contribution in [0.4, 0.5) is 0 Å². The van der Waals surface area contributed by atoms with Crippen molar-refractivity contribution in [1.29, 1.82) is 0 Å². The summed E-state index contributed by atoms with van der Waals surface area (Å²) in [6.45, 7) is 6.45. The molecule has 0 bridgehead atoms. The Morgan fingerprint density at radius 1 is 1.21 bits per heavy atom. The fourth-order valence-electron chi connectivity index (χ4n) is 2.34. The molecule has 0 aliphatic carbocycles. The second kappa shape index (κ2) is 6.68. The number of hydrogen-bond donors (Lipinski definition) is 0. The zero-order valence-electron chi connectivity index (χ0n) is 11.7. The molecule has 1 fully saturated rings. The predicted molar refractivity (Wildman–Crippen MR) is 74.9 cm³/mol. The first-order valence-corrected chi connectivity index (χ1v) is 6.78. The van der Waals surface area contributed by atoms with Crippen LogP contribution in [0.25, 0.3) is 0 Å². The topological polar surface area (TPSA) is 32.8 Å². The number of nitrogens with zero attached hydrogens (tertiary/aromatic N) is 2. The van der Waals surface area contributed by atoms with Crippen LogP contribution in [0.15, 0.2) is 30.3 Å². The molecule has 4 heteroatoms. The smallest absolute Gasteiger partial charge is 0.303 e. The molecule has 0 N–H and O–H groups in total. The van der Waals surface area contributed by atoms with Crippen molar-refractivity contribution in [2.75, 3.05) is 39.8 Å². The average Bonchev–Trinajstić information content (AvgIpc) is 2.41. The molecule has 1 heterocycles. The molecule has 1 unspecified atom stereocenters. The Hall–Kier alpha value is -1.39. The molecule has 1 aromatic rings. The number of carbonyl (C=O) groups excluding carboxylic acids is 1. The molecular weight excluding hydrogens is 240 g/mol. The van der Waals surface area contributed by atoms with Gasteiger partial charge in [-0.25, -0.2) is 0 Å². The molecule has 0 amide bonds. The normalized spacial score (nSPS) is 19.1. The maximum Gasteiger partial charge on any atom is 0.303 e. The molecule has 1 aliphatic rings. The van der Waals surface area contributed by atoms with Crippen molar-refractivity contribution in [1.82, 2.24) is 9.80 Å². The van der Waals surface area contributed by atoms with Gasteiger partial charge in [-0.05, 0) is 12.6 Å². The van der Waals surface area contributed by atoms with Gasteiger partial charge in [-0.15, -0.1) is 0 Å². The Morgan fingerprint density at radius 2 is 1.84 bits per heavy atom. The maximum atomic E-state index is 11.3. The lowest BCUT2D eigenvalue weighted by molar-refractivity contribution is -0.147. The van der Waals surface area contributed by atoms with E-state index in [0.29, 0.717) is 0 Å². The van der Waals surface area contributed by atoms with E-state index in [2.05, 4.69) is 16.8 Å². The van der Waals surface area contributed by atoms with E-state index in [-0.39, 0.29) is 12.1 Å². The van der Waals surface area contributed by atoms with Crippen LogP contribution < -0.4 is 0 Å². The SMILES string of the molecule is CC(=O)OC(CN1CCN(C)CC1)c1ccccc1. The summed E-state index contributed by atoms with van der Waals surface area (Å²) in [4.78, 5) is 16.0. The summed E-state index contributed by atoms with van der Waals surface area (Å²) in [6, 6.07) is 9.98. The van der Waals surface area contributed by atoms with Crippen LogP contribution in [0.1, 0.15) is 18.6 Å². The third-order valence-corrected chi connectivity index (χ3v) is 3.50. The first kappa shape index (κ1) is 14.0. The molecule has 0 spiro atoms. The molecule has 2 rings (SSSR count). The molecule has 1 aliphatic heterocycles. The van der Waals surface area contributed by atoms with E-state index >= 15 is 0 Å². The maximum absolute atomic E-state index is 11.3. The van der Waals surface area contributed by atoms with Crippen molar-refractivity contribution in [3.05, 3.63) is 35.9 Å². The van der Waals surface area contributed by atoms with Crippen molar-refractivity contribution in [3.63, 3.8) is 0 Å². The van der Waals surface area contributed by atoms with Crippen LogP contribution in [0.5, 0.6) is 0 Å². The van der Waals surface area contributed by atoms with Crippen LogP contribution in [0, 0.1) is 0 Å². The zero-order valence-corrected chi connectivity index (χ0v) is 11.7. The Balaban J connectivity index is 2.00. The van der Waals surface area contributed by atoms with Gasteiger partial charge in [0.05, 0.1) is 0 Å². The van der Waals surface area contributed by atoms with Crippen molar-refractivity contribution in [2.45, 2.75) is 13.0 Å². The van der Waals surface area contributed by atoms with E-state index in [4.69, 9.17) is 4.74 Å². The minimum atomic E-state index is -0.219. The monoisotopic (exact) mass is 262 g/mol. The van der Waals surface area contributed by atoms with Crippen LogP contribution >= 0.6 is 0 Å². The molecule has 0 aromatic heterocycles. The van der Waals surface area contributed by atoms with E-state index in [9.17, 15) is 4.79 Å². The second-order valence-corrected chi connectivity index (χ2v) is 5.11. The summed E-state index contributed by atoms with van der Waals surface area (Å²) in [5.74, 6) is -0.219. The van der Waals surface area contributed by atoms with E-state index < -0.39 is 0 Å². The Kier molecular flexibility index (Phi) is 4.93. The van der Waals surface area contributed by atoms with Gasteiger partial charge in [0.1, 0.15) is 6.10 Å². The second-order valence-electron chi connectivity index (χ2n) is 5.11. The Labute approximate surface area is 115 Å². The molecule has 4 nitrogen and oxygen atoms in total. The molecule has 1 aromatic carbocycles. The fraction of sp³-hybridized carbons (Fsp3) is 0.533. The van der Waals surface area contributed by atoms with Gasteiger partial charge in [-0.2, -0.15) is 0 Å². The number of hydrogen-bond acceptors (Lipinski definition) is 4. The third-order valence-electron chi connectivity index (χ3n) is 3.50. The first-order valence-electron chi connectivity index (χ1n) is 6.78. The summed E-state index contributed by atoms with van der Waals surface area (Å²) in [5, 5.41) is 0. The minimum absolute atomic E-state index is 0.165. The lowest BCUT2D eigenvalue weighted by Gasteiger charge is -2.34. The summed E-state index contributed by atoms with van der Waals surface area (Å²) >= 11 is 0. The number of piperazine rings is 1. The minimum Gasteiger partial charge on any atom is -0.456 e. The number of carbonyl (C=O) groups is 1. The summed E-state index contributed by atoms with van der Waals surface area (Å²) < 4.78 is 5.47. The highest BCUT2D eigenvalue weighted by Gasteiger charge is 2.21. The van der Waals surface area contributed by atoms with Crippen molar-refractivity contribution in [2.24, 2.45) is 0 Å². The number of rotatable bonds is 4. The molecule has 104 valence electrons. The van der Waals surface area contributed by atoms with Crippen LogP contribution in [-0.2, 0) is 9.53 Å². The van der Waals surface area contributed by atoms with Crippen molar-refractivity contribution < 1.29 is 9.53 Å². The number of benzene rings is 1. The van der Waals surface area contributed by atoms with Gasteiger partial charge in [0.2, 0.25) is 0 Å². The van der Waals surface area contributed by atoms with E-state index in [1.165, 1.54) is 6.92 Å². The van der Waals surface area contributed by atoms with Gasteiger partial charge in [-0.1, -0.05) is 30.3 Å². The summed E-state index contributed by atoms with van der Waals surface area (Å²) in [5.41, 5.74) is 1.07. The number of ether oxygens (including phenoxy) is 1. The molecule has 1 atom stereocenters. The van der Waals surface area contributed by atoms with E-state index in [1.807, 2.05) is 30.3 Å². The van der Waals surface area contributed by atoms with E-state index in [1.54, 1.807) is 0 Å². The quantitative estimate of drug-likeness (QED) is 0.771. The van der Waals surface area contributed by atoms with Crippen LogP contribution in [0.2, 0.25) is 0 Å². The standard InChI is InChI=1S/C15H22N2O2/c1-13(18)19-15(14-6-4-3-5-7-14)12-17-10-8-16(2)9-11-17/h3-7,15H,8-12H2,1-2H3. The predicted octanol–water partition coefficient (Wildman–Crippen LogP) is 1.54. The fourth-order valence-corrected chi connectivity index (χ4v) is 2.34. The highest BCUT2D eigenvalue weighted by atomic mass is 16.5. The summed E-state index contributed by atoms with van der Waals surface area (Å²) in [6.07, 6.45) is -0.165. The van der Waals surface area contributed by atoms with Gasteiger partial charge in [-0.3, -0.25) is 9.69 Å². The number of likely N-dealkylation sites (N-methyl/N-ethyl adjacent to an activating group) is 1. The highest BCUT2D eigenvalue weighted by Crippen LogP contribution is 2.19.